The molecule has 0 aliphatic carbocycles. The third kappa shape index (κ3) is 2.84. The van der Waals surface area contributed by atoms with Gasteiger partial charge in [0.15, 0.2) is 0 Å². The summed E-state index contributed by atoms with van der Waals surface area (Å²) in [4.78, 5) is 18.7. The molecule has 0 saturated carbocycles. The predicted molar refractivity (Wildman–Crippen MR) is 104 cm³/mol. The van der Waals surface area contributed by atoms with Crippen LogP contribution in [0, 0.1) is 12.7 Å². The van der Waals surface area contributed by atoms with Crippen molar-refractivity contribution in [2.45, 2.75) is 50.6 Å². The first kappa shape index (κ1) is 16.5. The van der Waals surface area contributed by atoms with Crippen LogP contribution in [0.15, 0.2) is 48.5 Å². The fourth-order valence-electron chi connectivity index (χ4n) is 5.08. The summed E-state index contributed by atoms with van der Waals surface area (Å²) < 4.78 is 13.2. The van der Waals surface area contributed by atoms with E-state index in [1.165, 1.54) is 5.56 Å². The third-order valence-electron chi connectivity index (χ3n) is 6.31. The molecule has 2 aliphatic rings. The summed E-state index contributed by atoms with van der Waals surface area (Å²) in [6.45, 7) is 2.03. The molecule has 1 N–H and O–H groups in total. The Morgan fingerprint density at radius 1 is 1.04 bits per heavy atom. The molecule has 3 aromatic rings. The Morgan fingerprint density at radius 3 is 2.44 bits per heavy atom. The molecule has 2 aromatic carbocycles. The van der Waals surface area contributed by atoms with Crippen LogP contribution >= 0.6 is 0 Å². The van der Waals surface area contributed by atoms with Gasteiger partial charge in [0.1, 0.15) is 5.82 Å². The molecule has 138 valence electrons. The summed E-state index contributed by atoms with van der Waals surface area (Å²) in [5.74, 6) is 0.382. The van der Waals surface area contributed by atoms with Crippen molar-refractivity contribution in [3.63, 3.8) is 0 Å². The van der Waals surface area contributed by atoms with Gasteiger partial charge in [-0.2, -0.15) is 0 Å². The van der Waals surface area contributed by atoms with Crippen molar-refractivity contribution in [1.29, 1.82) is 0 Å². The first-order chi connectivity index (χ1) is 13.1. The smallest absolute Gasteiger partial charge is 0.254 e. The molecule has 1 aromatic heterocycles. The SMILES string of the molecule is Cc1cc2cc(C(=O)N3[C@@H]4CC[C@H]3CC(c3ccc(F)cc3)C4)ccc2[nH]1. The molecule has 1 amide bonds. The van der Waals surface area contributed by atoms with Crippen LogP contribution in [0.4, 0.5) is 4.39 Å². The number of aromatic amines is 1. The van der Waals surface area contributed by atoms with Gasteiger partial charge < -0.3 is 9.88 Å². The molecule has 5 rings (SSSR count). The second-order valence-electron chi connectivity index (χ2n) is 8.07. The number of rotatable bonds is 2. The topological polar surface area (TPSA) is 36.1 Å². The average Bonchev–Trinajstić information content (AvgIpc) is 3.16. The molecule has 3 atom stereocenters. The van der Waals surface area contributed by atoms with Gasteiger partial charge in [-0.05, 0) is 80.5 Å². The molecule has 2 saturated heterocycles. The number of aryl methyl sites for hydroxylation is 1. The van der Waals surface area contributed by atoms with E-state index >= 15 is 0 Å². The standard InChI is InChI=1S/C23H23FN2O/c1-14-10-18-11-16(4-9-22(18)25-14)23(27)26-20-7-8-21(26)13-17(12-20)15-2-5-19(24)6-3-15/h2-6,9-11,17,20-21,25H,7-8,12-13H2,1H3/t17?,20-,21+. The summed E-state index contributed by atoms with van der Waals surface area (Å²) in [5.41, 5.74) is 4.15. The number of hydrogen-bond acceptors (Lipinski definition) is 1. The zero-order valence-electron chi connectivity index (χ0n) is 15.4. The van der Waals surface area contributed by atoms with Gasteiger partial charge in [-0.3, -0.25) is 4.79 Å². The summed E-state index contributed by atoms with van der Waals surface area (Å²) >= 11 is 0. The maximum atomic E-state index is 13.3. The number of H-pyrrole nitrogens is 1. The molecule has 4 heteroatoms. The number of piperidine rings is 1. The van der Waals surface area contributed by atoms with Gasteiger partial charge in [0.2, 0.25) is 0 Å². The quantitative estimate of drug-likeness (QED) is 0.671. The maximum Gasteiger partial charge on any atom is 0.254 e. The molecule has 0 radical (unpaired) electrons. The highest BCUT2D eigenvalue weighted by molar-refractivity contribution is 5.98. The second kappa shape index (κ2) is 6.22. The number of amides is 1. The van der Waals surface area contributed by atoms with Crippen molar-refractivity contribution >= 4 is 16.8 Å². The lowest BCUT2D eigenvalue weighted by atomic mass is 9.84. The molecule has 27 heavy (non-hydrogen) atoms. The van der Waals surface area contributed by atoms with Gasteiger partial charge in [0.05, 0.1) is 0 Å². The molecular formula is C23H23FN2O. The van der Waals surface area contributed by atoms with Crippen molar-refractivity contribution < 1.29 is 9.18 Å². The van der Waals surface area contributed by atoms with Gasteiger partial charge in [-0.1, -0.05) is 12.1 Å². The summed E-state index contributed by atoms with van der Waals surface area (Å²) in [6, 6.07) is 15.5. The number of carbonyl (C=O) groups excluding carboxylic acids is 1. The zero-order valence-corrected chi connectivity index (χ0v) is 15.4. The van der Waals surface area contributed by atoms with Crippen LogP contribution in [0.5, 0.6) is 0 Å². The van der Waals surface area contributed by atoms with Gasteiger partial charge >= 0.3 is 0 Å². The van der Waals surface area contributed by atoms with Gasteiger partial charge in [-0.25, -0.2) is 4.39 Å². The first-order valence-corrected chi connectivity index (χ1v) is 9.76. The lowest BCUT2D eigenvalue weighted by molar-refractivity contribution is 0.0571. The second-order valence-corrected chi connectivity index (χ2v) is 8.07. The minimum Gasteiger partial charge on any atom is -0.359 e. The largest absolute Gasteiger partial charge is 0.359 e. The van der Waals surface area contributed by atoms with E-state index in [1.54, 1.807) is 12.1 Å². The van der Waals surface area contributed by atoms with E-state index in [0.29, 0.717) is 5.92 Å². The molecule has 2 aliphatic heterocycles. The molecule has 2 bridgehead atoms. The molecule has 3 heterocycles. The van der Waals surface area contributed by atoms with E-state index in [-0.39, 0.29) is 23.8 Å². The fourth-order valence-corrected chi connectivity index (χ4v) is 5.08. The number of halogens is 1. The Balaban J connectivity index is 1.39. The van der Waals surface area contributed by atoms with E-state index in [2.05, 4.69) is 16.0 Å². The number of benzene rings is 2. The summed E-state index contributed by atoms with van der Waals surface area (Å²) in [7, 11) is 0. The number of hydrogen-bond donors (Lipinski definition) is 1. The van der Waals surface area contributed by atoms with Crippen molar-refractivity contribution in [1.82, 2.24) is 9.88 Å². The summed E-state index contributed by atoms with van der Waals surface area (Å²) in [6.07, 6.45) is 4.08. The highest BCUT2D eigenvalue weighted by atomic mass is 19.1. The number of aromatic nitrogens is 1. The number of carbonyl (C=O) groups is 1. The van der Waals surface area contributed by atoms with Crippen molar-refractivity contribution in [2.24, 2.45) is 0 Å². The Labute approximate surface area is 158 Å². The van der Waals surface area contributed by atoms with Crippen molar-refractivity contribution in [3.8, 4) is 0 Å². The van der Waals surface area contributed by atoms with Crippen LogP contribution in [0.25, 0.3) is 10.9 Å². The van der Waals surface area contributed by atoms with Gasteiger partial charge in [0.25, 0.3) is 5.91 Å². The van der Waals surface area contributed by atoms with Crippen LogP contribution in [0.2, 0.25) is 0 Å². The Bertz CT molecular complexity index is 993. The minimum atomic E-state index is -0.190. The molecule has 3 nitrogen and oxygen atoms in total. The Kier molecular flexibility index (Phi) is 3.81. The lowest BCUT2D eigenvalue weighted by Crippen LogP contribution is -2.46. The fraction of sp³-hybridized carbons (Fsp3) is 0.348. The van der Waals surface area contributed by atoms with Crippen LogP contribution in [-0.4, -0.2) is 27.9 Å². The van der Waals surface area contributed by atoms with E-state index in [9.17, 15) is 9.18 Å². The predicted octanol–water partition coefficient (Wildman–Crippen LogP) is 5.17. The van der Waals surface area contributed by atoms with Gasteiger partial charge in [0, 0.05) is 34.2 Å². The van der Waals surface area contributed by atoms with E-state index < -0.39 is 0 Å². The molecular weight excluding hydrogens is 339 g/mol. The Hall–Kier alpha value is -2.62. The van der Waals surface area contributed by atoms with E-state index in [1.807, 2.05) is 37.3 Å². The maximum absolute atomic E-state index is 13.3. The first-order valence-electron chi connectivity index (χ1n) is 9.76. The van der Waals surface area contributed by atoms with Gasteiger partial charge in [-0.15, -0.1) is 0 Å². The normalized spacial score (nSPS) is 24.5. The van der Waals surface area contributed by atoms with Crippen molar-refractivity contribution in [2.75, 3.05) is 0 Å². The highest BCUT2D eigenvalue weighted by Gasteiger charge is 2.43. The summed E-state index contributed by atoms with van der Waals surface area (Å²) in [5, 5.41) is 1.09. The number of nitrogens with one attached hydrogen (secondary N) is 1. The highest BCUT2D eigenvalue weighted by Crippen LogP contribution is 2.43. The van der Waals surface area contributed by atoms with E-state index in [4.69, 9.17) is 0 Å². The lowest BCUT2D eigenvalue weighted by Gasteiger charge is -2.39. The van der Waals surface area contributed by atoms with Crippen LogP contribution < -0.4 is 0 Å². The van der Waals surface area contributed by atoms with E-state index in [0.717, 1.165) is 47.8 Å². The van der Waals surface area contributed by atoms with Crippen LogP contribution in [-0.2, 0) is 0 Å². The third-order valence-corrected chi connectivity index (χ3v) is 6.31. The monoisotopic (exact) mass is 362 g/mol. The molecule has 2 fully saturated rings. The van der Waals surface area contributed by atoms with Crippen LogP contribution in [0.3, 0.4) is 0 Å². The number of nitrogens with zero attached hydrogens (tertiary/aromatic N) is 1. The zero-order chi connectivity index (χ0) is 18.5. The number of fused-ring (bicyclic) bond motifs is 3. The molecule has 1 unspecified atom stereocenters. The van der Waals surface area contributed by atoms with Crippen LogP contribution in [0.1, 0.15) is 53.2 Å². The average molecular weight is 362 g/mol. The molecule has 0 spiro atoms. The Morgan fingerprint density at radius 2 is 1.74 bits per heavy atom. The van der Waals surface area contributed by atoms with Crippen molar-refractivity contribution in [3.05, 3.63) is 71.2 Å². The minimum absolute atomic E-state index is 0.154.